The first kappa shape index (κ1) is 15.0. The predicted molar refractivity (Wildman–Crippen MR) is 77.5 cm³/mol. The molecule has 0 bridgehead atoms. The Kier molecular flexibility index (Phi) is 4.75. The molecular formula is C14H17BrN2O3. The minimum atomic E-state index is -1.14. The van der Waals surface area contributed by atoms with Crippen molar-refractivity contribution in [2.24, 2.45) is 0 Å². The molecule has 6 heteroatoms. The lowest BCUT2D eigenvalue weighted by molar-refractivity contribution is -0.145. The summed E-state index contributed by atoms with van der Waals surface area (Å²) in [5.74, 6) is -1.32. The summed E-state index contributed by atoms with van der Waals surface area (Å²) in [6.07, 6.45) is 7.69. The van der Waals surface area contributed by atoms with Gasteiger partial charge in [-0.25, -0.2) is 4.79 Å². The van der Waals surface area contributed by atoms with Crippen molar-refractivity contribution in [1.29, 1.82) is 0 Å². The van der Waals surface area contributed by atoms with Crippen LogP contribution in [-0.2, 0) is 4.79 Å². The molecule has 1 heterocycles. The summed E-state index contributed by atoms with van der Waals surface area (Å²) in [5.41, 5.74) is -0.735. The van der Waals surface area contributed by atoms with Gasteiger partial charge in [-0.05, 0) is 34.8 Å². The quantitative estimate of drug-likeness (QED) is 0.829. The zero-order chi connectivity index (χ0) is 14.6. The largest absolute Gasteiger partial charge is 0.480 e. The minimum absolute atomic E-state index is 0.372. The van der Waals surface area contributed by atoms with Gasteiger partial charge in [0, 0.05) is 16.9 Å². The SMILES string of the molecule is O=C(NC1(C(=O)O)CCCCCC1)c1ccncc1Br. The fraction of sp³-hybridized carbons (Fsp3) is 0.500. The van der Waals surface area contributed by atoms with E-state index in [0.29, 0.717) is 22.9 Å². The average Bonchev–Trinajstić information content (AvgIpc) is 2.65. The Morgan fingerprint density at radius 1 is 1.25 bits per heavy atom. The molecule has 0 unspecified atom stereocenters. The molecule has 0 aliphatic heterocycles. The molecule has 0 spiro atoms. The van der Waals surface area contributed by atoms with Gasteiger partial charge < -0.3 is 10.4 Å². The summed E-state index contributed by atoms with van der Waals surface area (Å²) in [5, 5.41) is 12.3. The highest BCUT2D eigenvalue weighted by atomic mass is 79.9. The molecule has 0 radical (unpaired) electrons. The third kappa shape index (κ3) is 3.17. The van der Waals surface area contributed by atoms with Crippen LogP contribution in [0.25, 0.3) is 0 Å². The van der Waals surface area contributed by atoms with Gasteiger partial charge in [-0.1, -0.05) is 25.7 Å². The second kappa shape index (κ2) is 6.35. The lowest BCUT2D eigenvalue weighted by Gasteiger charge is -2.29. The van der Waals surface area contributed by atoms with E-state index in [9.17, 15) is 14.7 Å². The molecule has 5 nitrogen and oxygen atoms in total. The molecule has 1 aromatic rings. The van der Waals surface area contributed by atoms with Gasteiger partial charge in [-0.2, -0.15) is 0 Å². The summed E-state index contributed by atoms with van der Waals surface area (Å²) in [4.78, 5) is 27.9. The Morgan fingerprint density at radius 3 is 2.45 bits per heavy atom. The molecule has 1 saturated carbocycles. The monoisotopic (exact) mass is 340 g/mol. The second-order valence-electron chi connectivity index (χ2n) is 5.11. The highest BCUT2D eigenvalue weighted by Crippen LogP contribution is 2.28. The number of aliphatic carboxylic acids is 1. The maximum absolute atomic E-state index is 12.3. The molecule has 1 fully saturated rings. The van der Waals surface area contributed by atoms with Crippen molar-refractivity contribution in [3.8, 4) is 0 Å². The number of halogens is 1. The summed E-state index contributed by atoms with van der Waals surface area (Å²) < 4.78 is 0.562. The van der Waals surface area contributed by atoms with Crippen LogP contribution >= 0.6 is 15.9 Å². The number of hydrogen-bond donors (Lipinski definition) is 2. The molecule has 2 rings (SSSR count). The Morgan fingerprint density at radius 2 is 1.90 bits per heavy atom. The van der Waals surface area contributed by atoms with Gasteiger partial charge >= 0.3 is 5.97 Å². The number of aromatic nitrogens is 1. The summed E-state index contributed by atoms with van der Waals surface area (Å²) in [7, 11) is 0. The number of nitrogens with one attached hydrogen (secondary N) is 1. The lowest BCUT2D eigenvalue weighted by Crippen LogP contribution is -2.54. The predicted octanol–water partition coefficient (Wildman–Crippen LogP) is 2.75. The molecule has 1 amide bonds. The molecule has 1 aliphatic carbocycles. The number of nitrogens with zero attached hydrogens (tertiary/aromatic N) is 1. The summed E-state index contributed by atoms with van der Waals surface area (Å²) in [6, 6.07) is 1.58. The number of carboxylic acid groups (broad SMARTS) is 1. The third-order valence-electron chi connectivity index (χ3n) is 3.74. The zero-order valence-corrected chi connectivity index (χ0v) is 12.6. The number of rotatable bonds is 3. The average molecular weight is 341 g/mol. The minimum Gasteiger partial charge on any atom is -0.480 e. The van der Waals surface area contributed by atoms with E-state index in [-0.39, 0.29) is 5.91 Å². The highest BCUT2D eigenvalue weighted by Gasteiger charge is 2.40. The van der Waals surface area contributed by atoms with Crippen LogP contribution < -0.4 is 5.32 Å². The van der Waals surface area contributed by atoms with E-state index in [1.807, 2.05) is 0 Å². The fourth-order valence-corrected chi connectivity index (χ4v) is 3.00. The summed E-state index contributed by atoms with van der Waals surface area (Å²) >= 11 is 3.26. The fourth-order valence-electron chi connectivity index (χ4n) is 2.57. The van der Waals surface area contributed by atoms with E-state index < -0.39 is 11.5 Å². The number of carbonyl (C=O) groups is 2. The first-order valence-electron chi connectivity index (χ1n) is 6.71. The van der Waals surface area contributed by atoms with Gasteiger partial charge in [0.25, 0.3) is 5.91 Å². The molecule has 0 aromatic carbocycles. The maximum atomic E-state index is 12.3. The number of hydrogen-bond acceptors (Lipinski definition) is 3. The normalized spacial score (nSPS) is 18.1. The van der Waals surface area contributed by atoms with Crippen molar-refractivity contribution in [3.05, 3.63) is 28.5 Å². The van der Waals surface area contributed by atoms with Crippen molar-refractivity contribution >= 4 is 27.8 Å². The molecule has 1 aliphatic rings. The first-order valence-corrected chi connectivity index (χ1v) is 7.50. The number of pyridine rings is 1. The Hall–Kier alpha value is -1.43. The standard InChI is InChI=1S/C14H17BrN2O3/c15-11-9-16-8-5-10(11)12(18)17-14(13(19)20)6-3-1-2-4-7-14/h5,8-9H,1-4,6-7H2,(H,17,18)(H,19,20). The van der Waals surface area contributed by atoms with Crippen LogP contribution in [0.4, 0.5) is 0 Å². The number of carbonyl (C=O) groups excluding carboxylic acids is 1. The van der Waals surface area contributed by atoms with Crippen LogP contribution in [0.2, 0.25) is 0 Å². The van der Waals surface area contributed by atoms with Crippen molar-refractivity contribution in [2.45, 2.75) is 44.1 Å². The molecular weight excluding hydrogens is 324 g/mol. The molecule has 0 atom stereocenters. The highest BCUT2D eigenvalue weighted by molar-refractivity contribution is 9.10. The van der Waals surface area contributed by atoms with Crippen LogP contribution in [0.15, 0.2) is 22.9 Å². The van der Waals surface area contributed by atoms with Crippen molar-refractivity contribution in [1.82, 2.24) is 10.3 Å². The molecule has 0 saturated heterocycles. The molecule has 20 heavy (non-hydrogen) atoms. The first-order chi connectivity index (χ1) is 9.55. The topological polar surface area (TPSA) is 79.3 Å². The Labute approximate surface area is 125 Å². The molecule has 108 valence electrons. The van der Waals surface area contributed by atoms with E-state index in [0.717, 1.165) is 25.7 Å². The Bertz CT molecular complexity index is 511. The van der Waals surface area contributed by atoms with E-state index in [2.05, 4.69) is 26.2 Å². The van der Waals surface area contributed by atoms with Crippen LogP contribution in [-0.4, -0.2) is 27.5 Å². The van der Waals surface area contributed by atoms with E-state index in [1.165, 1.54) is 12.4 Å². The van der Waals surface area contributed by atoms with Crippen molar-refractivity contribution in [2.75, 3.05) is 0 Å². The van der Waals surface area contributed by atoms with Gasteiger partial charge in [-0.15, -0.1) is 0 Å². The maximum Gasteiger partial charge on any atom is 0.329 e. The van der Waals surface area contributed by atoms with E-state index in [1.54, 1.807) is 6.07 Å². The van der Waals surface area contributed by atoms with Gasteiger partial charge in [0.2, 0.25) is 0 Å². The summed E-state index contributed by atoms with van der Waals surface area (Å²) in [6.45, 7) is 0. The van der Waals surface area contributed by atoms with Gasteiger partial charge in [-0.3, -0.25) is 9.78 Å². The van der Waals surface area contributed by atoms with Crippen LogP contribution in [0.5, 0.6) is 0 Å². The lowest BCUT2D eigenvalue weighted by atomic mass is 9.90. The van der Waals surface area contributed by atoms with Gasteiger partial charge in [0.15, 0.2) is 0 Å². The van der Waals surface area contributed by atoms with Crippen molar-refractivity contribution in [3.63, 3.8) is 0 Å². The second-order valence-corrected chi connectivity index (χ2v) is 5.97. The third-order valence-corrected chi connectivity index (χ3v) is 4.37. The van der Waals surface area contributed by atoms with Gasteiger partial charge in [0.1, 0.15) is 5.54 Å². The molecule has 1 aromatic heterocycles. The number of carboxylic acids is 1. The Balaban J connectivity index is 2.22. The van der Waals surface area contributed by atoms with Crippen molar-refractivity contribution < 1.29 is 14.7 Å². The zero-order valence-electron chi connectivity index (χ0n) is 11.1. The van der Waals surface area contributed by atoms with Crippen LogP contribution in [0.3, 0.4) is 0 Å². The van der Waals surface area contributed by atoms with Crippen LogP contribution in [0, 0.1) is 0 Å². The van der Waals surface area contributed by atoms with E-state index in [4.69, 9.17) is 0 Å². The van der Waals surface area contributed by atoms with E-state index >= 15 is 0 Å². The van der Waals surface area contributed by atoms with Crippen LogP contribution in [0.1, 0.15) is 48.9 Å². The number of amides is 1. The van der Waals surface area contributed by atoms with Gasteiger partial charge in [0.05, 0.1) is 5.56 Å². The molecule has 2 N–H and O–H groups in total. The smallest absolute Gasteiger partial charge is 0.329 e.